The number of aromatic nitrogens is 2. The lowest BCUT2D eigenvalue weighted by molar-refractivity contribution is -0.131. The summed E-state index contributed by atoms with van der Waals surface area (Å²) in [6.07, 6.45) is 2.31. The van der Waals surface area contributed by atoms with Crippen LogP contribution in [-0.2, 0) is 11.3 Å². The molecule has 0 unspecified atom stereocenters. The summed E-state index contributed by atoms with van der Waals surface area (Å²) in [5, 5.41) is 0. The normalized spacial score (nSPS) is 16.2. The summed E-state index contributed by atoms with van der Waals surface area (Å²) < 4.78 is 19.9. The van der Waals surface area contributed by atoms with Crippen molar-refractivity contribution >= 4 is 17.4 Å². The minimum absolute atomic E-state index is 0.109. The van der Waals surface area contributed by atoms with Crippen molar-refractivity contribution in [3.8, 4) is 5.75 Å². The molecule has 0 spiro atoms. The van der Waals surface area contributed by atoms with Crippen molar-refractivity contribution in [2.75, 3.05) is 31.1 Å². The maximum atomic E-state index is 14.3. The van der Waals surface area contributed by atoms with Gasteiger partial charge in [-0.2, -0.15) is 0 Å². The number of nitrogens with zero attached hydrogens (tertiary/aromatic N) is 5. The second-order valence-corrected chi connectivity index (χ2v) is 7.84. The molecule has 0 aliphatic carbocycles. The van der Waals surface area contributed by atoms with Crippen LogP contribution in [0.1, 0.15) is 44.0 Å². The summed E-state index contributed by atoms with van der Waals surface area (Å²) in [5.41, 5.74) is 2.98. The van der Waals surface area contributed by atoms with E-state index in [0.717, 1.165) is 30.6 Å². The SMILES string of the molecule is CCCN1CCN(c2cc(C3=NCc4cc(F)c(OC(C)C)cc43)ncn2)CC1=O. The molecule has 0 N–H and O–H groups in total. The molecule has 1 fully saturated rings. The van der Waals surface area contributed by atoms with Gasteiger partial charge in [-0.1, -0.05) is 6.92 Å². The molecule has 1 saturated heterocycles. The second-order valence-electron chi connectivity index (χ2n) is 7.84. The first kappa shape index (κ1) is 20.3. The van der Waals surface area contributed by atoms with Gasteiger partial charge in [-0.05, 0) is 38.0 Å². The third-order valence-corrected chi connectivity index (χ3v) is 5.21. The average molecular weight is 411 g/mol. The molecule has 1 aromatic carbocycles. The van der Waals surface area contributed by atoms with Crippen LogP contribution in [-0.4, -0.2) is 58.8 Å². The van der Waals surface area contributed by atoms with Gasteiger partial charge in [0.05, 0.1) is 30.6 Å². The van der Waals surface area contributed by atoms with Gasteiger partial charge in [0, 0.05) is 31.3 Å². The monoisotopic (exact) mass is 411 g/mol. The first-order chi connectivity index (χ1) is 14.5. The van der Waals surface area contributed by atoms with E-state index >= 15 is 0 Å². The first-order valence-electron chi connectivity index (χ1n) is 10.3. The third kappa shape index (κ3) is 3.99. The molecule has 0 radical (unpaired) electrons. The minimum atomic E-state index is -0.384. The highest BCUT2D eigenvalue weighted by Crippen LogP contribution is 2.30. The van der Waals surface area contributed by atoms with Crippen LogP contribution in [0.25, 0.3) is 0 Å². The van der Waals surface area contributed by atoms with Crippen molar-refractivity contribution in [2.45, 2.75) is 39.8 Å². The van der Waals surface area contributed by atoms with E-state index in [1.54, 1.807) is 6.07 Å². The molecule has 2 aliphatic rings. The predicted molar refractivity (Wildman–Crippen MR) is 113 cm³/mol. The van der Waals surface area contributed by atoms with E-state index in [-0.39, 0.29) is 23.6 Å². The number of fused-ring (bicyclic) bond motifs is 1. The van der Waals surface area contributed by atoms with E-state index in [1.165, 1.54) is 12.4 Å². The molecule has 2 aromatic rings. The lowest BCUT2D eigenvalue weighted by Gasteiger charge is -2.34. The molecule has 3 heterocycles. The Labute approximate surface area is 175 Å². The Morgan fingerprint density at radius 3 is 2.77 bits per heavy atom. The van der Waals surface area contributed by atoms with Crippen LogP contribution in [0, 0.1) is 5.82 Å². The molecule has 0 saturated carbocycles. The molecule has 30 heavy (non-hydrogen) atoms. The number of benzene rings is 1. The smallest absolute Gasteiger partial charge is 0.242 e. The number of hydrogen-bond donors (Lipinski definition) is 0. The summed E-state index contributed by atoms with van der Waals surface area (Å²) in [7, 11) is 0. The zero-order chi connectivity index (χ0) is 21.3. The molecule has 0 atom stereocenters. The van der Waals surface area contributed by atoms with Gasteiger partial charge in [-0.3, -0.25) is 9.79 Å². The molecule has 0 bridgehead atoms. The number of rotatable bonds is 6. The van der Waals surface area contributed by atoms with E-state index in [0.29, 0.717) is 36.9 Å². The van der Waals surface area contributed by atoms with Gasteiger partial charge in [0.25, 0.3) is 0 Å². The van der Waals surface area contributed by atoms with Gasteiger partial charge in [-0.25, -0.2) is 14.4 Å². The molecule has 2 aliphatic heterocycles. The Kier molecular flexibility index (Phi) is 5.65. The summed E-state index contributed by atoms with van der Waals surface area (Å²) in [5.74, 6) is 0.634. The number of carbonyl (C=O) groups excluding carboxylic acids is 1. The van der Waals surface area contributed by atoms with Crippen LogP contribution < -0.4 is 9.64 Å². The van der Waals surface area contributed by atoms with Crippen molar-refractivity contribution in [3.63, 3.8) is 0 Å². The standard InChI is InChI=1S/C22H26FN5O2/c1-4-5-27-6-7-28(12-21(27)29)20-10-18(25-13-26-20)22-16-9-19(30-14(2)3)17(23)8-15(16)11-24-22/h8-10,13-14H,4-7,11-12H2,1-3H3. The average Bonchev–Trinajstić information content (AvgIpc) is 3.12. The number of hydrogen-bond acceptors (Lipinski definition) is 6. The van der Waals surface area contributed by atoms with Crippen LogP contribution in [0.4, 0.5) is 10.2 Å². The number of amides is 1. The summed E-state index contributed by atoms with van der Waals surface area (Å²) >= 11 is 0. The quantitative estimate of drug-likeness (QED) is 0.731. The number of anilines is 1. The highest BCUT2D eigenvalue weighted by molar-refractivity contribution is 6.14. The van der Waals surface area contributed by atoms with Crippen LogP contribution in [0.5, 0.6) is 5.75 Å². The van der Waals surface area contributed by atoms with E-state index in [1.807, 2.05) is 29.7 Å². The largest absolute Gasteiger partial charge is 0.488 e. The fourth-order valence-electron chi connectivity index (χ4n) is 3.82. The molecule has 1 amide bonds. The number of halogens is 1. The zero-order valence-corrected chi connectivity index (χ0v) is 17.6. The zero-order valence-electron chi connectivity index (χ0n) is 17.6. The van der Waals surface area contributed by atoms with E-state index in [4.69, 9.17) is 4.74 Å². The minimum Gasteiger partial charge on any atom is -0.488 e. The predicted octanol–water partition coefficient (Wildman–Crippen LogP) is 2.81. The molecular weight excluding hydrogens is 385 g/mol. The van der Waals surface area contributed by atoms with Crippen LogP contribution in [0.3, 0.4) is 0 Å². The number of piperazine rings is 1. The Bertz CT molecular complexity index is 991. The summed E-state index contributed by atoms with van der Waals surface area (Å²) in [4.78, 5) is 29.6. The van der Waals surface area contributed by atoms with Gasteiger partial charge in [-0.15, -0.1) is 0 Å². The van der Waals surface area contributed by atoms with Crippen LogP contribution >= 0.6 is 0 Å². The fraction of sp³-hybridized carbons (Fsp3) is 0.455. The Morgan fingerprint density at radius 2 is 2.03 bits per heavy atom. The molecule has 8 heteroatoms. The van der Waals surface area contributed by atoms with Crippen molar-refractivity contribution < 1.29 is 13.9 Å². The molecule has 4 rings (SSSR count). The molecule has 158 valence electrons. The molecule has 1 aromatic heterocycles. The number of aliphatic imine (C=N–C) groups is 1. The van der Waals surface area contributed by atoms with E-state index in [2.05, 4.69) is 21.9 Å². The van der Waals surface area contributed by atoms with Crippen LogP contribution in [0.15, 0.2) is 29.5 Å². The summed E-state index contributed by atoms with van der Waals surface area (Å²) in [6, 6.07) is 5.03. The van der Waals surface area contributed by atoms with Crippen molar-refractivity contribution in [1.82, 2.24) is 14.9 Å². The lowest BCUT2D eigenvalue weighted by Crippen LogP contribution is -2.50. The topological polar surface area (TPSA) is 70.9 Å². The van der Waals surface area contributed by atoms with Crippen molar-refractivity contribution in [1.29, 1.82) is 0 Å². The number of carbonyl (C=O) groups is 1. The van der Waals surface area contributed by atoms with E-state index in [9.17, 15) is 9.18 Å². The highest BCUT2D eigenvalue weighted by Gasteiger charge is 2.26. The first-order valence-corrected chi connectivity index (χ1v) is 10.3. The Morgan fingerprint density at radius 1 is 1.20 bits per heavy atom. The van der Waals surface area contributed by atoms with Gasteiger partial charge in [0.15, 0.2) is 11.6 Å². The fourth-order valence-corrected chi connectivity index (χ4v) is 3.82. The van der Waals surface area contributed by atoms with Crippen LogP contribution in [0.2, 0.25) is 0 Å². The lowest BCUT2D eigenvalue weighted by atomic mass is 10.0. The van der Waals surface area contributed by atoms with Crippen molar-refractivity contribution in [3.05, 3.63) is 47.2 Å². The third-order valence-electron chi connectivity index (χ3n) is 5.21. The van der Waals surface area contributed by atoms with Gasteiger partial charge < -0.3 is 14.5 Å². The maximum Gasteiger partial charge on any atom is 0.242 e. The highest BCUT2D eigenvalue weighted by atomic mass is 19.1. The van der Waals surface area contributed by atoms with E-state index < -0.39 is 0 Å². The summed E-state index contributed by atoms with van der Waals surface area (Å²) in [6.45, 7) is 8.69. The maximum absolute atomic E-state index is 14.3. The molecular formula is C22H26FN5O2. The van der Waals surface area contributed by atoms with Gasteiger partial charge >= 0.3 is 0 Å². The second kappa shape index (κ2) is 8.38. The Balaban J connectivity index is 1.59. The Hall–Kier alpha value is -3.03. The number of ether oxygens (including phenoxy) is 1. The van der Waals surface area contributed by atoms with Gasteiger partial charge in [0.2, 0.25) is 5.91 Å². The van der Waals surface area contributed by atoms with Gasteiger partial charge in [0.1, 0.15) is 12.1 Å². The molecule has 7 nitrogen and oxygen atoms in total. The van der Waals surface area contributed by atoms with Crippen molar-refractivity contribution in [2.24, 2.45) is 4.99 Å².